The van der Waals surface area contributed by atoms with E-state index in [1.807, 2.05) is 24.3 Å². The minimum Gasteiger partial charge on any atom is -0.497 e. The lowest BCUT2D eigenvalue weighted by Crippen LogP contribution is -2.01. The van der Waals surface area contributed by atoms with Crippen LogP contribution >= 0.6 is 0 Å². The zero-order chi connectivity index (χ0) is 31.7. The maximum absolute atomic E-state index is 12.9. The fourth-order valence-corrected chi connectivity index (χ4v) is 7.07. The monoisotopic (exact) mass is 621 g/mol. The Labute approximate surface area is 268 Å². The van der Waals surface area contributed by atoms with Gasteiger partial charge in [0.25, 0.3) is 0 Å². The van der Waals surface area contributed by atoms with Crippen LogP contribution < -0.4 is 9.47 Å². The van der Waals surface area contributed by atoms with Crippen LogP contribution in [-0.2, 0) is 9.84 Å². The quantitative estimate of drug-likeness (QED) is 0.159. The lowest BCUT2D eigenvalue weighted by molar-refractivity contribution is 0.415. The van der Waals surface area contributed by atoms with Crippen LogP contribution in [0.3, 0.4) is 0 Å². The van der Waals surface area contributed by atoms with Crippen molar-refractivity contribution in [1.29, 1.82) is 0 Å². The van der Waals surface area contributed by atoms with Gasteiger partial charge in [-0.05, 0) is 95.1 Å². The summed E-state index contributed by atoms with van der Waals surface area (Å²) >= 11 is 0. The van der Waals surface area contributed by atoms with Crippen molar-refractivity contribution in [3.8, 4) is 28.3 Å². The average molecular weight is 622 g/mol. The van der Waals surface area contributed by atoms with Crippen molar-refractivity contribution in [3.63, 3.8) is 0 Å². The minimum atomic E-state index is -3.54. The van der Waals surface area contributed by atoms with Gasteiger partial charge in [0.1, 0.15) is 11.5 Å². The van der Waals surface area contributed by atoms with Gasteiger partial charge in [0.05, 0.1) is 35.0 Å². The summed E-state index contributed by atoms with van der Waals surface area (Å²) in [6, 6.07) is 44.6. The Morgan fingerprint density at radius 1 is 0.522 bits per heavy atom. The SMILES string of the molecule is COc1ccc2c(c1)c1cc(OC)ccc1n2-c1ccc(/C=C/c2ccc(-c3ccc(S(=O)(=O)c4ccccc4)cc3)cc2)cc1. The van der Waals surface area contributed by atoms with Crippen molar-refractivity contribution in [2.45, 2.75) is 9.79 Å². The Balaban J connectivity index is 1.10. The predicted molar refractivity (Wildman–Crippen MR) is 187 cm³/mol. The summed E-state index contributed by atoms with van der Waals surface area (Å²) in [6.45, 7) is 0. The van der Waals surface area contributed by atoms with Gasteiger partial charge >= 0.3 is 0 Å². The van der Waals surface area contributed by atoms with Crippen LogP contribution in [0, 0.1) is 0 Å². The van der Waals surface area contributed by atoms with Crippen LogP contribution in [0.2, 0.25) is 0 Å². The maximum atomic E-state index is 12.9. The van der Waals surface area contributed by atoms with E-state index >= 15 is 0 Å². The molecule has 0 bridgehead atoms. The van der Waals surface area contributed by atoms with Crippen LogP contribution in [-0.4, -0.2) is 27.2 Å². The normalized spacial score (nSPS) is 11.8. The summed E-state index contributed by atoms with van der Waals surface area (Å²) in [4.78, 5) is 0.578. The van der Waals surface area contributed by atoms with Gasteiger partial charge in [-0.1, -0.05) is 78.9 Å². The van der Waals surface area contributed by atoms with Crippen LogP contribution in [0.1, 0.15) is 11.1 Å². The maximum Gasteiger partial charge on any atom is 0.206 e. The average Bonchev–Trinajstić information content (AvgIpc) is 3.44. The molecule has 1 aromatic heterocycles. The topological polar surface area (TPSA) is 57.5 Å². The van der Waals surface area contributed by atoms with E-state index in [1.165, 1.54) is 0 Å². The molecule has 0 fully saturated rings. The molecule has 46 heavy (non-hydrogen) atoms. The summed E-state index contributed by atoms with van der Waals surface area (Å²) in [5.74, 6) is 1.63. The van der Waals surface area contributed by atoms with Crippen LogP contribution in [0.5, 0.6) is 11.5 Å². The van der Waals surface area contributed by atoms with Gasteiger partial charge in [-0.3, -0.25) is 0 Å². The highest BCUT2D eigenvalue weighted by atomic mass is 32.2. The van der Waals surface area contributed by atoms with Crippen molar-refractivity contribution in [3.05, 3.63) is 151 Å². The predicted octanol–water partition coefficient (Wildman–Crippen LogP) is 9.47. The fourth-order valence-electron chi connectivity index (χ4n) is 5.79. The van der Waals surface area contributed by atoms with Crippen LogP contribution in [0.25, 0.3) is 50.8 Å². The minimum absolute atomic E-state index is 0.284. The third kappa shape index (κ3) is 5.44. The van der Waals surface area contributed by atoms with Gasteiger partial charge in [0.2, 0.25) is 9.84 Å². The molecule has 0 aliphatic heterocycles. The number of methoxy groups -OCH3 is 2. The summed E-state index contributed by atoms with van der Waals surface area (Å²) < 4.78 is 39.1. The Kier molecular flexibility index (Phi) is 7.64. The first kappa shape index (κ1) is 29.1. The molecular formula is C40H31NO4S. The molecule has 0 spiro atoms. The summed E-state index contributed by atoms with van der Waals surface area (Å²) in [5, 5.41) is 2.21. The molecule has 0 unspecified atom stereocenters. The lowest BCUT2D eigenvalue weighted by atomic mass is 10.0. The third-order valence-corrected chi connectivity index (χ3v) is 10.0. The molecule has 0 saturated carbocycles. The standard InChI is InChI=1S/C40H31NO4S/c1-44-33-20-24-39-37(26-33)38-27-34(45-2)21-25-40(38)41(39)32-18-12-29(13-19-32)9-8-28-10-14-30(15-11-28)31-16-22-36(23-17-31)46(42,43)35-6-4-3-5-7-35/h3-27H,1-2H3/b9-8+. The number of fused-ring (bicyclic) bond motifs is 3. The van der Waals surface area contributed by atoms with E-state index in [2.05, 4.69) is 89.5 Å². The van der Waals surface area contributed by atoms with E-state index in [0.29, 0.717) is 4.90 Å². The largest absolute Gasteiger partial charge is 0.497 e. The van der Waals surface area contributed by atoms with E-state index in [1.54, 1.807) is 56.7 Å². The zero-order valence-corrected chi connectivity index (χ0v) is 26.2. The summed E-state index contributed by atoms with van der Waals surface area (Å²) in [7, 11) is -0.171. The molecule has 6 heteroatoms. The molecule has 6 aromatic carbocycles. The summed E-state index contributed by atoms with van der Waals surface area (Å²) in [5.41, 5.74) is 7.40. The van der Waals surface area contributed by atoms with E-state index in [-0.39, 0.29) is 4.90 Å². The number of ether oxygens (including phenoxy) is 2. The molecule has 1 heterocycles. The first-order valence-corrected chi connectivity index (χ1v) is 16.4. The van der Waals surface area contributed by atoms with E-state index < -0.39 is 9.84 Å². The number of hydrogen-bond donors (Lipinski definition) is 0. The molecule has 0 aliphatic rings. The van der Waals surface area contributed by atoms with E-state index in [9.17, 15) is 8.42 Å². The number of sulfone groups is 1. The van der Waals surface area contributed by atoms with Gasteiger partial charge in [-0.15, -0.1) is 0 Å². The molecule has 7 aromatic rings. The second-order valence-corrected chi connectivity index (χ2v) is 12.9. The second-order valence-electron chi connectivity index (χ2n) is 11.0. The van der Waals surface area contributed by atoms with Crippen LogP contribution in [0.15, 0.2) is 149 Å². The zero-order valence-electron chi connectivity index (χ0n) is 25.4. The number of aromatic nitrogens is 1. The second kappa shape index (κ2) is 12.1. The molecule has 0 saturated heterocycles. The van der Waals surface area contributed by atoms with Gasteiger partial charge in [-0.25, -0.2) is 8.42 Å². The Hall–Kier alpha value is -5.59. The van der Waals surface area contributed by atoms with Gasteiger partial charge in [0, 0.05) is 16.5 Å². The molecule has 0 amide bonds. The number of benzene rings is 6. The van der Waals surface area contributed by atoms with Crippen molar-refractivity contribution < 1.29 is 17.9 Å². The molecular weight excluding hydrogens is 591 g/mol. The van der Waals surface area contributed by atoms with E-state index in [0.717, 1.165) is 61.2 Å². The first-order chi connectivity index (χ1) is 22.4. The third-order valence-electron chi connectivity index (χ3n) is 8.26. The van der Waals surface area contributed by atoms with Gasteiger partial charge in [0.15, 0.2) is 0 Å². The Morgan fingerprint density at radius 2 is 0.978 bits per heavy atom. The first-order valence-electron chi connectivity index (χ1n) is 14.9. The van der Waals surface area contributed by atoms with Gasteiger partial charge in [-0.2, -0.15) is 0 Å². The highest BCUT2D eigenvalue weighted by Crippen LogP contribution is 2.36. The molecule has 0 N–H and O–H groups in total. The molecule has 226 valence electrons. The molecule has 5 nitrogen and oxygen atoms in total. The molecule has 0 atom stereocenters. The van der Waals surface area contributed by atoms with Gasteiger partial charge < -0.3 is 14.0 Å². The lowest BCUT2D eigenvalue weighted by Gasteiger charge is -2.09. The Morgan fingerprint density at radius 3 is 1.48 bits per heavy atom. The smallest absolute Gasteiger partial charge is 0.206 e. The Bertz CT molecular complexity index is 2240. The van der Waals surface area contributed by atoms with Crippen molar-refractivity contribution in [2.24, 2.45) is 0 Å². The van der Waals surface area contributed by atoms with Crippen molar-refractivity contribution >= 4 is 43.8 Å². The number of hydrogen-bond acceptors (Lipinski definition) is 4. The number of rotatable bonds is 8. The molecule has 7 rings (SSSR count). The van der Waals surface area contributed by atoms with Crippen molar-refractivity contribution in [2.75, 3.05) is 14.2 Å². The number of nitrogens with zero attached hydrogens (tertiary/aromatic N) is 1. The highest BCUT2D eigenvalue weighted by molar-refractivity contribution is 7.91. The highest BCUT2D eigenvalue weighted by Gasteiger charge is 2.17. The van der Waals surface area contributed by atoms with Crippen LogP contribution in [0.4, 0.5) is 0 Å². The molecule has 0 aliphatic carbocycles. The van der Waals surface area contributed by atoms with Crippen molar-refractivity contribution in [1.82, 2.24) is 4.57 Å². The van der Waals surface area contributed by atoms with E-state index in [4.69, 9.17) is 9.47 Å². The summed E-state index contributed by atoms with van der Waals surface area (Å²) in [6.07, 6.45) is 4.19. The fraction of sp³-hybridized carbons (Fsp3) is 0.0500. The molecule has 0 radical (unpaired) electrons.